The summed E-state index contributed by atoms with van der Waals surface area (Å²) in [4.78, 5) is 22.1. The van der Waals surface area contributed by atoms with Gasteiger partial charge in [-0.25, -0.2) is 0 Å². The Balaban J connectivity index is 2.77. The molecule has 0 radical (unpaired) electrons. The van der Waals surface area contributed by atoms with Crippen LogP contribution in [0.25, 0.3) is 0 Å². The molecule has 4 heteroatoms. The Hall–Kier alpha value is -1.19. The van der Waals surface area contributed by atoms with Gasteiger partial charge < -0.3 is 5.01 Å². The van der Waals surface area contributed by atoms with E-state index in [1.54, 1.807) is 19.1 Å². The Labute approximate surface area is 71.2 Å². The predicted octanol–water partition coefficient (Wildman–Crippen LogP) is 0.226. The SMILES string of the molecule is CN(C)/N=C1/CCCC(=O)C1=O. The number of carbonyl (C=O) groups is 2. The summed E-state index contributed by atoms with van der Waals surface area (Å²) >= 11 is 0. The molecule has 1 rings (SSSR count). The van der Waals surface area contributed by atoms with Crippen molar-refractivity contribution in [3.05, 3.63) is 0 Å². The van der Waals surface area contributed by atoms with Gasteiger partial charge in [0, 0.05) is 20.5 Å². The monoisotopic (exact) mass is 168 g/mol. The lowest BCUT2D eigenvalue weighted by Gasteiger charge is -2.12. The van der Waals surface area contributed by atoms with E-state index in [1.807, 2.05) is 0 Å². The van der Waals surface area contributed by atoms with Crippen LogP contribution in [0, 0.1) is 0 Å². The zero-order valence-electron chi connectivity index (χ0n) is 7.33. The van der Waals surface area contributed by atoms with E-state index in [2.05, 4.69) is 5.10 Å². The number of nitrogens with zero attached hydrogens (tertiary/aromatic N) is 2. The van der Waals surface area contributed by atoms with Gasteiger partial charge in [0.15, 0.2) is 0 Å². The van der Waals surface area contributed by atoms with E-state index < -0.39 is 5.78 Å². The molecule has 0 spiro atoms. The first-order chi connectivity index (χ1) is 5.61. The van der Waals surface area contributed by atoms with Crippen molar-refractivity contribution in [3.8, 4) is 0 Å². The van der Waals surface area contributed by atoms with Gasteiger partial charge in [0.25, 0.3) is 0 Å². The van der Waals surface area contributed by atoms with Crippen LogP contribution in [0.4, 0.5) is 0 Å². The lowest BCUT2D eigenvalue weighted by Crippen LogP contribution is -2.30. The third kappa shape index (κ3) is 1.90. The molecule has 0 bridgehead atoms. The van der Waals surface area contributed by atoms with Crippen LogP contribution < -0.4 is 0 Å². The molecule has 0 N–H and O–H groups in total. The number of hydrazone groups is 1. The molecule has 0 amide bonds. The number of hydrogen-bond acceptors (Lipinski definition) is 4. The Morgan fingerprint density at radius 2 is 1.92 bits per heavy atom. The molecular formula is C8H12N2O2. The minimum absolute atomic E-state index is 0.304. The summed E-state index contributed by atoms with van der Waals surface area (Å²) in [5.74, 6) is -0.711. The van der Waals surface area contributed by atoms with Crippen LogP contribution in [0.15, 0.2) is 5.10 Å². The number of ketones is 2. The van der Waals surface area contributed by atoms with Gasteiger partial charge in [-0.3, -0.25) is 9.59 Å². The lowest BCUT2D eigenvalue weighted by molar-refractivity contribution is -0.133. The van der Waals surface area contributed by atoms with Crippen LogP contribution >= 0.6 is 0 Å². The standard InChI is InChI=1S/C8H12N2O2/c1-10(2)9-6-4-3-5-7(11)8(6)12/h3-5H2,1-2H3/b9-6-. The van der Waals surface area contributed by atoms with Gasteiger partial charge in [0.1, 0.15) is 5.71 Å². The van der Waals surface area contributed by atoms with Crippen LogP contribution in [0.1, 0.15) is 19.3 Å². The van der Waals surface area contributed by atoms with Crippen LogP contribution in [0.3, 0.4) is 0 Å². The summed E-state index contributed by atoms with van der Waals surface area (Å²) in [5.41, 5.74) is 0.399. The maximum atomic E-state index is 11.2. The molecule has 1 fully saturated rings. The van der Waals surface area contributed by atoms with Crippen LogP contribution in [0.2, 0.25) is 0 Å². The van der Waals surface area contributed by atoms with E-state index in [1.165, 1.54) is 0 Å². The van der Waals surface area contributed by atoms with Gasteiger partial charge >= 0.3 is 0 Å². The Kier molecular flexibility index (Phi) is 2.58. The summed E-state index contributed by atoms with van der Waals surface area (Å²) in [7, 11) is 3.47. The van der Waals surface area contributed by atoms with Crippen molar-refractivity contribution in [2.75, 3.05) is 14.1 Å². The molecule has 66 valence electrons. The van der Waals surface area contributed by atoms with Gasteiger partial charge in [0.2, 0.25) is 11.6 Å². The summed E-state index contributed by atoms with van der Waals surface area (Å²) in [5, 5.41) is 5.49. The smallest absolute Gasteiger partial charge is 0.244 e. The number of Topliss-reactive ketones (excluding diaryl/α,β-unsaturated/α-hetero) is 2. The molecule has 1 saturated carbocycles. The second-order valence-electron chi connectivity index (χ2n) is 3.00. The third-order valence-electron chi connectivity index (χ3n) is 1.65. The first-order valence-corrected chi connectivity index (χ1v) is 3.93. The van der Waals surface area contributed by atoms with Crippen molar-refractivity contribution in [2.45, 2.75) is 19.3 Å². The highest BCUT2D eigenvalue weighted by atomic mass is 16.2. The molecule has 12 heavy (non-hydrogen) atoms. The Morgan fingerprint density at radius 3 is 2.50 bits per heavy atom. The average molecular weight is 168 g/mol. The van der Waals surface area contributed by atoms with Crippen LogP contribution in [-0.2, 0) is 9.59 Å². The predicted molar refractivity (Wildman–Crippen MR) is 45.0 cm³/mol. The van der Waals surface area contributed by atoms with Crippen molar-refractivity contribution >= 4 is 17.3 Å². The van der Waals surface area contributed by atoms with Gasteiger partial charge in [-0.15, -0.1) is 0 Å². The molecule has 4 nitrogen and oxygen atoms in total. The van der Waals surface area contributed by atoms with Crippen LogP contribution in [0.5, 0.6) is 0 Å². The van der Waals surface area contributed by atoms with Crippen molar-refractivity contribution in [1.82, 2.24) is 5.01 Å². The fraction of sp³-hybridized carbons (Fsp3) is 0.625. The molecule has 0 aromatic heterocycles. The third-order valence-corrected chi connectivity index (χ3v) is 1.65. The van der Waals surface area contributed by atoms with E-state index in [0.717, 1.165) is 6.42 Å². The van der Waals surface area contributed by atoms with Crippen molar-refractivity contribution in [3.63, 3.8) is 0 Å². The average Bonchev–Trinajstić information content (AvgIpc) is 1.98. The Morgan fingerprint density at radius 1 is 1.25 bits per heavy atom. The molecule has 0 atom stereocenters. The summed E-state index contributed by atoms with van der Waals surface area (Å²) < 4.78 is 0. The highest BCUT2D eigenvalue weighted by Crippen LogP contribution is 2.09. The van der Waals surface area contributed by atoms with E-state index in [-0.39, 0.29) is 5.78 Å². The molecule has 1 aliphatic rings. The number of hydrogen-bond donors (Lipinski definition) is 0. The number of rotatable bonds is 1. The second-order valence-corrected chi connectivity index (χ2v) is 3.00. The van der Waals surface area contributed by atoms with Gasteiger partial charge in [-0.05, 0) is 12.8 Å². The zero-order valence-corrected chi connectivity index (χ0v) is 7.33. The zero-order chi connectivity index (χ0) is 9.14. The molecule has 0 aromatic carbocycles. The van der Waals surface area contributed by atoms with Crippen LogP contribution in [-0.4, -0.2) is 36.4 Å². The first kappa shape index (κ1) is 8.90. The normalized spacial score (nSPS) is 21.7. The highest BCUT2D eigenvalue weighted by molar-refractivity contribution is 6.66. The van der Waals surface area contributed by atoms with Crippen molar-refractivity contribution in [1.29, 1.82) is 0 Å². The van der Waals surface area contributed by atoms with Gasteiger partial charge in [-0.1, -0.05) is 0 Å². The van der Waals surface area contributed by atoms with Crippen molar-refractivity contribution < 1.29 is 9.59 Å². The minimum atomic E-state index is -0.407. The maximum absolute atomic E-state index is 11.2. The highest BCUT2D eigenvalue weighted by Gasteiger charge is 2.25. The topological polar surface area (TPSA) is 49.7 Å². The lowest BCUT2D eigenvalue weighted by atomic mass is 9.96. The molecule has 0 saturated heterocycles. The van der Waals surface area contributed by atoms with E-state index in [9.17, 15) is 9.59 Å². The fourth-order valence-corrected chi connectivity index (χ4v) is 1.14. The maximum Gasteiger partial charge on any atom is 0.244 e. The summed E-state index contributed by atoms with van der Waals surface area (Å²) in [6, 6.07) is 0. The molecule has 0 aliphatic heterocycles. The summed E-state index contributed by atoms with van der Waals surface area (Å²) in [6.45, 7) is 0. The molecule has 0 unspecified atom stereocenters. The Bertz CT molecular complexity index is 243. The minimum Gasteiger partial charge on any atom is -0.303 e. The molecule has 0 aromatic rings. The molecular weight excluding hydrogens is 156 g/mol. The molecule has 0 heterocycles. The first-order valence-electron chi connectivity index (χ1n) is 3.93. The van der Waals surface area contributed by atoms with Crippen molar-refractivity contribution in [2.24, 2.45) is 5.10 Å². The van der Waals surface area contributed by atoms with E-state index in [4.69, 9.17) is 0 Å². The molecule has 1 aliphatic carbocycles. The summed E-state index contributed by atoms with van der Waals surface area (Å²) in [6.07, 6.45) is 1.76. The fourth-order valence-electron chi connectivity index (χ4n) is 1.14. The van der Waals surface area contributed by atoms with E-state index in [0.29, 0.717) is 18.6 Å². The quantitative estimate of drug-likeness (QED) is 0.416. The van der Waals surface area contributed by atoms with Gasteiger partial charge in [0.05, 0.1) is 0 Å². The largest absolute Gasteiger partial charge is 0.303 e. The second kappa shape index (κ2) is 3.47. The van der Waals surface area contributed by atoms with Gasteiger partial charge in [-0.2, -0.15) is 5.10 Å². The number of carbonyl (C=O) groups excluding carboxylic acids is 2. The van der Waals surface area contributed by atoms with E-state index >= 15 is 0 Å².